The van der Waals surface area contributed by atoms with Gasteiger partial charge in [-0.1, -0.05) is 11.6 Å². The molecule has 19 heavy (non-hydrogen) atoms. The van der Waals surface area contributed by atoms with E-state index >= 15 is 0 Å². The molecule has 1 N–H and O–H groups in total. The first-order chi connectivity index (χ1) is 8.97. The highest BCUT2D eigenvalue weighted by Crippen LogP contribution is 2.24. The third-order valence-corrected chi connectivity index (χ3v) is 3.33. The normalized spacial score (nSPS) is 10.6. The molecule has 0 bridgehead atoms. The molecule has 0 unspecified atom stereocenters. The Morgan fingerprint density at radius 2 is 1.74 bits per heavy atom. The number of hydrogen-bond donors (Lipinski definition) is 1. The van der Waals surface area contributed by atoms with Crippen LogP contribution < -0.4 is 5.32 Å². The molecule has 0 spiro atoms. The Morgan fingerprint density at radius 3 is 2.47 bits per heavy atom. The lowest BCUT2D eigenvalue weighted by atomic mass is 10.2. The van der Waals surface area contributed by atoms with Crippen LogP contribution in [0.2, 0.25) is 5.02 Å². The maximum absolute atomic E-state index is 13.5. The first-order valence-electron chi connectivity index (χ1n) is 5.29. The Labute approximate surface area is 121 Å². The van der Waals surface area contributed by atoms with Crippen molar-refractivity contribution in [3.8, 4) is 0 Å². The minimum atomic E-state index is -0.747. The predicted molar refractivity (Wildman–Crippen MR) is 72.8 cm³/mol. The van der Waals surface area contributed by atoms with Crippen LogP contribution in [0.4, 0.5) is 18.9 Å². The van der Waals surface area contributed by atoms with Gasteiger partial charge in [0.2, 0.25) is 0 Å². The summed E-state index contributed by atoms with van der Waals surface area (Å²) in [6, 6.07) is 6.11. The highest BCUT2D eigenvalue weighted by Gasteiger charge is 2.09. The molecule has 0 aliphatic heterocycles. The number of anilines is 1. The second-order valence-corrected chi connectivity index (χ2v) is 5.13. The summed E-state index contributed by atoms with van der Waals surface area (Å²) in [5.41, 5.74) is 0.375. The molecule has 0 heterocycles. The van der Waals surface area contributed by atoms with Gasteiger partial charge in [0.1, 0.15) is 17.5 Å². The summed E-state index contributed by atoms with van der Waals surface area (Å²) in [6.07, 6.45) is 0. The molecule has 0 saturated heterocycles. The van der Waals surface area contributed by atoms with Crippen LogP contribution in [0.3, 0.4) is 0 Å². The fourth-order valence-electron chi connectivity index (χ4n) is 1.53. The molecule has 2 aromatic rings. The monoisotopic (exact) mass is 349 g/mol. The van der Waals surface area contributed by atoms with Gasteiger partial charge >= 0.3 is 0 Å². The van der Waals surface area contributed by atoms with Gasteiger partial charge in [-0.25, -0.2) is 13.2 Å². The summed E-state index contributed by atoms with van der Waals surface area (Å²) >= 11 is 8.71. The maximum Gasteiger partial charge on any atom is 0.149 e. The maximum atomic E-state index is 13.5. The zero-order valence-electron chi connectivity index (χ0n) is 9.48. The molecule has 0 aliphatic rings. The van der Waals surface area contributed by atoms with Gasteiger partial charge < -0.3 is 5.32 Å². The highest BCUT2D eigenvalue weighted by atomic mass is 79.9. The molecule has 1 nitrogen and oxygen atoms in total. The Bertz CT molecular complexity index is 619. The van der Waals surface area contributed by atoms with Crippen LogP contribution >= 0.6 is 27.5 Å². The Balaban J connectivity index is 2.19. The van der Waals surface area contributed by atoms with Gasteiger partial charge in [0.05, 0.1) is 10.2 Å². The molecule has 0 radical (unpaired) electrons. The van der Waals surface area contributed by atoms with Gasteiger partial charge in [-0.05, 0) is 40.2 Å². The fraction of sp³-hybridized carbons (Fsp3) is 0.0769. The lowest BCUT2D eigenvalue weighted by Crippen LogP contribution is -2.04. The Morgan fingerprint density at radius 1 is 1.00 bits per heavy atom. The molecule has 100 valence electrons. The van der Waals surface area contributed by atoms with Crippen molar-refractivity contribution in [2.75, 3.05) is 5.32 Å². The second kappa shape index (κ2) is 5.84. The number of benzene rings is 2. The third-order valence-electron chi connectivity index (χ3n) is 2.49. The summed E-state index contributed by atoms with van der Waals surface area (Å²) in [6.45, 7) is 0.0430. The second-order valence-electron chi connectivity index (χ2n) is 3.84. The minimum absolute atomic E-state index is 0.0430. The smallest absolute Gasteiger partial charge is 0.149 e. The van der Waals surface area contributed by atoms with E-state index in [4.69, 9.17) is 11.6 Å². The van der Waals surface area contributed by atoms with Crippen molar-refractivity contribution in [1.82, 2.24) is 0 Å². The van der Waals surface area contributed by atoms with Crippen molar-refractivity contribution in [3.63, 3.8) is 0 Å². The Kier molecular flexibility index (Phi) is 4.37. The molecule has 0 fully saturated rings. The summed E-state index contributed by atoms with van der Waals surface area (Å²) in [7, 11) is 0. The van der Waals surface area contributed by atoms with Gasteiger partial charge in [-0.15, -0.1) is 0 Å². The van der Waals surface area contributed by atoms with Crippen molar-refractivity contribution in [2.24, 2.45) is 0 Å². The van der Waals surface area contributed by atoms with Crippen LogP contribution in [-0.2, 0) is 6.54 Å². The van der Waals surface area contributed by atoms with E-state index in [1.54, 1.807) is 0 Å². The summed E-state index contributed by atoms with van der Waals surface area (Å²) < 4.78 is 40.1. The summed E-state index contributed by atoms with van der Waals surface area (Å²) in [5.74, 6) is -1.89. The van der Waals surface area contributed by atoms with Crippen molar-refractivity contribution in [1.29, 1.82) is 0 Å². The molecule has 0 aliphatic carbocycles. The van der Waals surface area contributed by atoms with E-state index < -0.39 is 17.5 Å². The van der Waals surface area contributed by atoms with E-state index in [-0.39, 0.29) is 16.7 Å². The number of hydrogen-bond acceptors (Lipinski definition) is 1. The van der Waals surface area contributed by atoms with Crippen LogP contribution in [0.1, 0.15) is 5.56 Å². The first-order valence-corrected chi connectivity index (χ1v) is 6.47. The van der Waals surface area contributed by atoms with Gasteiger partial charge in [-0.3, -0.25) is 0 Å². The number of nitrogens with one attached hydrogen (secondary N) is 1. The predicted octanol–water partition coefficient (Wildman–Crippen LogP) is 5.13. The standard InChI is InChI=1S/C13H8BrClF3N/c14-9-4-13(12(18)5-11(9)17)19-6-7-3-8(15)1-2-10(7)16/h1-5,19H,6H2. The van der Waals surface area contributed by atoms with Crippen molar-refractivity contribution >= 4 is 33.2 Å². The van der Waals surface area contributed by atoms with E-state index in [2.05, 4.69) is 21.2 Å². The molecule has 6 heteroatoms. The average Bonchev–Trinajstić information content (AvgIpc) is 2.36. The summed E-state index contributed by atoms with van der Waals surface area (Å²) in [4.78, 5) is 0. The average molecular weight is 351 g/mol. The topological polar surface area (TPSA) is 12.0 Å². The highest BCUT2D eigenvalue weighted by molar-refractivity contribution is 9.10. The largest absolute Gasteiger partial charge is 0.378 e. The first kappa shape index (κ1) is 14.2. The quantitative estimate of drug-likeness (QED) is 0.757. The lowest BCUT2D eigenvalue weighted by Gasteiger charge is -2.09. The SMILES string of the molecule is Fc1cc(F)c(NCc2cc(Cl)ccc2F)cc1Br. The van der Waals surface area contributed by atoms with Gasteiger partial charge in [0.15, 0.2) is 0 Å². The third kappa shape index (κ3) is 3.42. The lowest BCUT2D eigenvalue weighted by molar-refractivity contribution is 0.580. The van der Waals surface area contributed by atoms with E-state index in [0.717, 1.165) is 6.07 Å². The van der Waals surface area contributed by atoms with E-state index in [1.807, 2.05) is 0 Å². The number of halogens is 5. The zero-order valence-corrected chi connectivity index (χ0v) is 11.8. The van der Waals surface area contributed by atoms with Gasteiger partial charge in [0.25, 0.3) is 0 Å². The van der Waals surface area contributed by atoms with Gasteiger partial charge in [0, 0.05) is 23.2 Å². The van der Waals surface area contributed by atoms with E-state index in [1.165, 1.54) is 24.3 Å². The molecule has 0 aromatic heterocycles. The van der Waals surface area contributed by atoms with Crippen molar-refractivity contribution in [2.45, 2.75) is 6.54 Å². The molecule has 0 atom stereocenters. The molecule has 0 amide bonds. The van der Waals surface area contributed by atoms with Crippen molar-refractivity contribution < 1.29 is 13.2 Å². The van der Waals surface area contributed by atoms with Crippen LogP contribution in [0.25, 0.3) is 0 Å². The molecular weight excluding hydrogens is 343 g/mol. The van der Waals surface area contributed by atoms with Crippen LogP contribution in [0, 0.1) is 17.5 Å². The minimum Gasteiger partial charge on any atom is -0.378 e. The Hall–Kier alpha value is -1.20. The van der Waals surface area contributed by atoms with Crippen LogP contribution in [0.15, 0.2) is 34.8 Å². The van der Waals surface area contributed by atoms with Crippen LogP contribution in [-0.4, -0.2) is 0 Å². The van der Waals surface area contributed by atoms with Gasteiger partial charge in [-0.2, -0.15) is 0 Å². The van der Waals surface area contributed by atoms with E-state index in [0.29, 0.717) is 10.6 Å². The molecule has 2 aromatic carbocycles. The van der Waals surface area contributed by atoms with E-state index in [9.17, 15) is 13.2 Å². The fourth-order valence-corrected chi connectivity index (χ4v) is 2.07. The summed E-state index contributed by atoms with van der Waals surface area (Å²) in [5, 5.41) is 3.08. The van der Waals surface area contributed by atoms with Crippen LogP contribution in [0.5, 0.6) is 0 Å². The molecular formula is C13H8BrClF3N. The molecule has 2 rings (SSSR count). The molecule has 0 saturated carbocycles. The number of rotatable bonds is 3. The van der Waals surface area contributed by atoms with Crippen molar-refractivity contribution in [3.05, 3.63) is 62.8 Å². The zero-order chi connectivity index (χ0) is 14.0.